The molecule has 0 amide bonds. The Morgan fingerprint density at radius 2 is 1.21 bits per heavy atom. The lowest BCUT2D eigenvalue weighted by molar-refractivity contribution is 0.0854. The van der Waals surface area contributed by atoms with Gasteiger partial charge >= 0.3 is 10.2 Å². The second-order valence-electron chi connectivity index (χ2n) is 11.3. The van der Waals surface area contributed by atoms with Crippen molar-refractivity contribution in [2.45, 2.75) is 29.1 Å². The van der Waals surface area contributed by atoms with Crippen LogP contribution in [-0.4, -0.2) is 37.2 Å². The van der Waals surface area contributed by atoms with Crippen molar-refractivity contribution in [3.8, 4) is 0 Å². The molecule has 1 saturated heterocycles. The van der Waals surface area contributed by atoms with Crippen LogP contribution in [0.15, 0.2) is 133 Å². The Kier molecular flexibility index (Phi) is 10.0. The lowest BCUT2D eigenvalue weighted by atomic mass is 9.84. The fraction of sp³-hybridized carbons (Fsp3) is 0.189. The Labute approximate surface area is 277 Å². The second kappa shape index (κ2) is 14.4. The predicted octanol–water partition coefficient (Wildman–Crippen LogP) is 8.15. The molecular weight excluding hydrogens is 642 g/mol. The zero-order valence-electron chi connectivity index (χ0n) is 25.3. The van der Waals surface area contributed by atoms with E-state index >= 15 is 0 Å². The van der Waals surface area contributed by atoms with Crippen LogP contribution in [0.2, 0.25) is 0 Å². The monoisotopic (exact) mass is 674 g/mol. The van der Waals surface area contributed by atoms with Gasteiger partial charge in [0.25, 0.3) is 0 Å². The van der Waals surface area contributed by atoms with Gasteiger partial charge in [-0.3, -0.25) is 4.72 Å². The fourth-order valence-electron chi connectivity index (χ4n) is 6.04. The molecule has 0 spiro atoms. The number of hydrogen-bond acceptors (Lipinski definition) is 4. The van der Waals surface area contributed by atoms with E-state index in [1.54, 1.807) is 42.1 Å². The van der Waals surface area contributed by atoms with Gasteiger partial charge < -0.3 is 4.74 Å². The molecule has 2 atom stereocenters. The summed E-state index contributed by atoms with van der Waals surface area (Å²) >= 11 is 1.68. The van der Waals surface area contributed by atoms with Gasteiger partial charge in [0.2, 0.25) is 0 Å². The highest BCUT2D eigenvalue weighted by atomic mass is 32.2. The number of hydrogen-bond donors (Lipinski definition) is 1. The number of ether oxygens (including phenoxy) is 1. The summed E-state index contributed by atoms with van der Waals surface area (Å²) in [6.45, 7) is -0.256. The first-order valence-electron chi connectivity index (χ1n) is 15.2. The highest BCUT2D eigenvalue weighted by molar-refractivity contribution is 8.01. The molecule has 0 aliphatic carbocycles. The van der Waals surface area contributed by atoms with E-state index in [0.717, 1.165) is 22.8 Å². The summed E-state index contributed by atoms with van der Waals surface area (Å²) in [5, 5.41) is -0.198. The second-order valence-corrected chi connectivity index (χ2v) is 14.5. The standard InChI is InChI=1S/C37H33F3N2O3S2/c38-34-23-36(40)35(39)21-27(34)25-45-26-32-22-33(24-42(32)47(43,44)41-31-19-11-4-12-20-31)46-37(28-13-5-1-6-14-28,29-15-7-2-8-16-29)30-17-9-3-10-18-30/h1-21,23,32-33,41H,22,24-26H2/t32-,33+/m0/s1. The number of halogens is 3. The average Bonchev–Trinajstić information content (AvgIpc) is 3.51. The van der Waals surface area contributed by atoms with E-state index in [2.05, 4.69) is 41.1 Å². The van der Waals surface area contributed by atoms with Crippen molar-refractivity contribution < 1.29 is 26.3 Å². The number of thioether (sulfide) groups is 1. The van der Waals surface area contributed by atoms with Crippen LogP contribution < -0.4 is 4.72 Å². The van der Waals surface area contributed by atoms with E-state index in [1.165, 1.54) is 4.31 Å². The van der Waals surface area contributed by atoms with Crippen LogP contribution in [0.3, 0.4) is 0 Å². The molecule has 5 nitrogen and oxygen atoms in total. The van der Waals surface area contributed by atoms with Crippen LogP contribution in [0.1, 0.15) is 28.7 Å². The minimum absolute atomic E-state index is 0.0831. The molecule has 0 unspecified atom stereocenters. The Morgan fingerprint density at radius 3 is 1.74 bits per heavy atom. The topological polar surface area (TPSA) is 58.6 Å². The number of anilines is 1. The maximum absolute atomic E-state index is 14.4. The summed E-state index contributed by atoms with van der Waals surface area (Å²) in [6.07, 6.45) is 0.425. The third-order valence-corrected chi connectivity index (χ3v) is 11.5. The Hall–Kier alpha value is -4.09. The molecule has 5 aromatic rings. The zero-order valence-corrected chi connectivity index (χ0v) is 26.9. The lowest BCUT2D eigenvalue weighted by Crippen LogP contribution is -2.42. The average molecular weight is 675 g/mol. The maximum Gasteiger partial charge on any atom is 0.302 e. The summed E-state index contributed by atoms with van der Waals surface area (Å²) in [5.41, 5.74) is 3.41. The molecule has 0 saturated carbocycles. The van der Waals surface area contributed by atoms with Gasteiger partial charge in [-0.05, 0) is 41.3 Å². The summed E-state index contributed by atoms with van der Waals surface area (Å²) in [6, 6.07) is 39.7. The number of rotatable bonds is 12. The van der Waals surface area contributed by atoms with E-state index in [1.807, 2.05) is 54.6 Å². The molecule has 0 radical (unpaired) electrons. The van der Waals surface area contributed by atoms with Gasteiger partial charge in [0, 0.05) is 29.1 Å². The van der Waals surface area contributed by atoms with E-state index < -0.39 is 38.4 Å². The molecule has 1 heterocycles. The number of nitrogens with zero attached hydrogens (tertiary/aromatic N) is 1. The molecule has 242 valence electrons. The SMILES string of the molecule is O=S(=O)(Nc1ccccc1)N1C[C@H](SC(c2ccccc2)(c2ccccc2)c2ccccc2)C[C@H]1COCc1cc(F)c(F)cc1F. The molecule has 10 heteroatoms. The van der Waals surface area contributed by atoms with E-state index in [0.29, 0.717) is 18.2 Å². The number of nitrogens with one attached hydrogen (secondary N) is 1. The summed E-state index contributed by atoms with van der Waals surface area (Å²) < 4.78 is 78.7. The van der Waals surface area contributed by atoms with Gasteiger partial charge in [-0.25, -0.2) is 13.2 Å². The molecule has 6 rings (SSSR count). The first kappa shape index (κ1) is 32.8. The third-order valence-electron chi connectivity index (χ3n) is 8.20. The van der Waals surface area contributed by atoms with Crippen molar-refractivity contribution in [2.24, 2.45) is 0 Å². The fourth-order valence-corrected chi connectivity index (χ4v) is 9.47. The smallest absolute Gasteiger partial charge is 0.302 e. The van der Waals surface area contributed by atoms with Gasteiger partial charge in [0.05, 0.1) is 24.0 Å². The van der Waals surface area contributed by atoms with Gasteiger partial charge in [-0.2, -0.15) is 12.7 Å². The molecule has 1 aliphatic rings. The maximum atomic E-state index is 14.4. The van der Waals surface area contributed by atoms with Gasteiger partial charge in [0.15, 0.2) is 11.6 Å². The predicted molar refractivity (Wildman–Crippen MR) is 181 cm³/mol. The minimum atomic E-state index is -4.05. The molecule has 0 aromatic heterocycles. The number of para-hydroxylation sites is 1. The molecule has 1 aliphatic heterocycles. The van der Waals surface area contributed by atoms with Crippen LogP contribution >= 0.6 is 11.8 Å². The summed E-state index contributed by atoms with van der Waals surface area (Å²) in [4.78, 5) is 0. The van der Waals surface area contributed by atoms with Crippen molar-refractivity contribution in [3.63, 3.8) is 0 Å². The summed E-state index contributed by atoms with van der Waals surface area (Å²) in [5.74, 6) is -3.40. The first-order chi connectivity index (χ1) is 22.8. The molecule has 0 bridgehead atoms. The van der Waals surface area contributed by atoms with Crippen molar-refractivity contribution in [3.05, 3.63) is 173 Å². The Bertz CT molecular complexity index is 1790. The molecule has 5 aromatic carbocycles. The third kappa shape index (κ3) is 7.26. The van der Waals surface area contributed by atoms with Crippen LogP contribution in [0.5, 0.6) is 0 Å². The highest BCUT2D eigenvalue weighted by Crippen LogP contribution is 2.52. The van der Waals surface area contributed by atoms with Crippen molar-refractivity contribution in [2.75, 3.05) is 17.9 Å². The van der Waals surface area contributed by atoms with Gasteiger partial charge in [-0.15, -0.1) is 11.8 Å². The molecule has 1 N–H and O–H groups in total. The quantitative estimate of drug-likeness (QED) is 0.107. The lowest BCUT2D eigenvalue weighted by Gasteiger charge is -2.37. The normalized spacial score (nSPS) is 17.1. The zero-order chi connectivity index (χ0) is 32.9. The van der Waals surface area contributed by atoms with E-state index in [4.69, 9.17) is 4.74 Å². The van der Waals surface area contributed by atoms with E-state index in [9.17, 15) is 21.6 Å². The molecule has 47 heavy (non-hydrogen) atoms. The first-order valence-corrected chi connectivity index (χ1v) is 17.5. The van der Waals surface area contributed by atoms with Crippen molar-refractivity contribution >= 4 is 27.7 Å². The highest BCUT2D eigenvalue weighted by Gasteiger charge is 2.46. The van der Waals surface area contributed by atoms with Crippen LogP contribution in [-0.2, 0) is 26.3 Å². The van der Waals surface area contributed by atoms with Gasteiger partial charge in [-0.1, -0.05) is 109 Å². The minimum Gasteiger partial charge on any atom is -0.375 e. The van der Waals surface area contributed by atoms with Crippen molar-refractivity contribution in [1.29, 1.82) is 0 Å². The molecular formula is C37H33F3N2O3S2. The van der Waals surface area contributed by atoms with Gasteiger partial charge in [0.1, 0.15) is 5.82 Å². The summed E-state index contributed by atoms with van der Waals surface area (Å²) in [7, 11) is -4.05. The van der Waals surface area contributed by atoms with Crippen molar-refractivity contribution in [1.82, 2.24) is 4.31 Å². The Morgan fingerprint density at radius 1 is 0.723 bits per heavy atom. The van der Waals surface area contributed by atoms with Crippen LogP contribution in [0.25, 0.3) is 0 Å². The largest absolute Gasteiger partial charge is 0.375 e. The molecule has 1 fully saturated rings. The van der Waals surface area contributed by atoms with Crippen LogP contribution in [0, 0.1) is 17.5 Å². The Balaban J connectivity index is 1.34. The van der Waals surface area contributed by atoms with Crippen LogP contribution in [0.4, 0.5) is 18.9 Å². The van der Waals surface area contributed by atoms with E-state index in [-0.39, 0.29) is 30.6 Å². The number of benzene rings is 5.